The molecule has 4 nitrogen and oxygen atoms in total. The molecule has 2 aromatic carbocycles. The molecule has 1 aliphatic heterocycles. The van der Waals surface area contributed by atoms with E-state index >= 15 is 0 Å². The molecule has 23 heavy (non-hydrogen) atoms. The van der Waals surface area contributed by atoms with Crippen LogP contribution in [0.5, 0.6) is 0 Å². The summed E-state index contributed by atoms with van der Waals surface area (Å²) in [7, 11) is 0. The van der Waals surface area contributed by atoms with E-state index in [-0.39, 0.29) is 5.57 Å². The van der Waals surface area contributed by atoms with Gasteiger partial charge in [0.2, 0.25) is 0 Å². The fourth-order valence-electron chi connectivity index (χ4n) is 2.09. The van der Waals surface area contributed by atoms with E-state index in [1.165, 1.54) is 6.07 Å². The van der Waals surface area contributed by atoms with Gasteiger partial charge in [-0.15, -0.1) is 0 Å². The number of hydrazine groups is 1. The van der Waals surface area contributed by atoms with Gasteiger partial charge in [0.15, 0.2) is 0 Å². The van der Waals surface area contributed by atoms with Gasteiger partial charge >= 0.3 is 0 Å². The van der Waals surface area contributed by atoms with Crippen LogP contribution in [0.3, 0.4) is 0 Å². The average Bonchev–Trinajstić information content (AvgIpc) is 2.80. The van der Waals surface area contributed by atoms with Crippen molar-refractivity contribution in [3.8, 4) is 0 Å². The SMILES string of the molecule is O=C1NN(c2ccc(Cl)c(Cl)c2)C(=O)C1=Cc1ccc(Br)cc1. The highest BCUT2D eigenvalue weighted by molar-refractivity contribution is 9.10. The van der Waals surface area contributed by atoms with Gasteiger partial charge < -0.3 is 0 Å². The van der Waals surface area contributed by atoms with Gasteiger partial charge in [-0.3, -0.25) is 15.0 Å². The second kappa shape index (κ2) is 6.35. The third-order valence-electron chi connectivity index (χ3n) is 3.23. The number of amides is 2. The molecule has 0 bridgehead atoms. The Morgan fingerprint density at radius 1 is 1.00 bits per heavy atom. The molecule has 3 rings (SSSR count). The monoisotopic (exact) mass is 410 g/mol. The third kappa shape index (κ3) is 3.27. The number of rotatable bonds is 2. The number of benzene rings is 2. The molecule has 0 unspecified atom stereocenters. The second-order valence-electron chi connectivity index (χ2n) is 4.79. The van der Waals surface area contributed by atoms with E-state index in [0.717, 1.165) is 15.0 Å². The van der Waals surface area contributed by atoms with Crippen LogP contribution in [0.4, 0.5) is 5.69 Å². The zero-order valence-corrected chi connectivity index (χ0v) is 14.6. The van der Waals surface area contributed by atoms with Crippen molar-refractivity contribution in [3.05, 3.63) is 68.1 Å². The summed E-state index contributed by atoms with van der Waals surface area (Å²) in [5, 5.41) is 1.82. The Morgan fingerprint density at radius 3 is 2.35 bits per heavy atom. The summed E-state index contributed by atoms with van der Waals surface area (Å²) in [5.41, 5.74) is 3.76. The number of nitrogens with zero attached hydrogens (tertiary/aromatic N) is 1. The van der Waals surface area contributed by atoms with E-state index in [9.17, 15) is 9.59 Å². The number of nitrogens with one attached hydrogen (secondary N) is 1. The van der Waals surface area contributed by atoms with Gasteiger partial charge in [0.1, 0.15) is 5.57 Å². The molecule has 1 N–H and O–H groups in total. The first kappa shape index (κ1) is 16.1. The van der Waals surface area contributed by atoms with Crippen LogP contribution in [0.25, 0.3) is 6.08 Å². The van der Waals surface area contributed by atoms with E-state index in [2.05, 4.69) is 21.4 Å². The van der Waals surface area contributed by atoms with Crippen molar-refractivity contribution in [2.75, 3.05) is 5.01 Å². The third-order valence-corrected chi connectivity index (χ3v) is 4.50. The molecule has 1 fully saturated rings. The Balaban J connectivity index is 1.93. The van der Waals surface area contributed by atoms with E-state index in [1.54, 1.807) is 30.3 Å². The van der Waals surface area contributed by atoms with Crippen molar-refractivity contribution in [2.45, 2.75) is 0 Å². The topological polar surface area (TPSA) is 49.4 Å². The van der Waals surface area contributed by atoms with E-state index in [1.807, 2.05) is 12.1 Å². The predicted octanol–water partition coefficient (Wildman–Crippen LogP) is 4.22. The minimum atomic E-state index is -0.469. The number of hydrogen-bond acceptors (Lipinski definition) is 2. The van der Waals surface area contributed by atoms with Crippen LogP contribution in [-0.2, 0) is 9.59 Å². The smallest absolute Gasteiger partial charge is 0.267 e. The minimum Gasteiger partial charge on any atom is -0.267 e. The summed E-state index contributed by atoms with van der Waals surface area (Å²) in [6.07, 6.45) is 1.54. The second-order valence-corrected chi connectivity index (χ2v) is 6.52. The highest BCUT2D eigenvalue weighted by Gasteiger charge is 2.34. The van der Waals surface area contributed by atoms with E-state index in [4.69, 9.17) is 23.2 Å². The summed E-state index contributed by atoms with van der Waals surface area (Å²) in [6, 6.07) is 12.0. The summed E-state index contributed by atoms with van der Waals surface area (Å²) in [6.45, 7) is 0. The molecule has 1 aliphatic rings. The number of carbonyl (C=O) groups is 2. The maximum Gasteiger partial charge on any atom is 0.282 e. The molecule has 116 valence electrons. The summed E-state index contributed by atoms with van der Waals surface area (Å²) < 4.78 is 0.916. The van der Waals surface area contributed by atoms with Gasteiger partial charge in [-0.2, -0.15) is 0 Å². The van der Waals surface area contributed by atoms with Gasteiger partial charge in [0.05, 0.1) is 15.7 Å². The highest BCUT2D eigenvalue weighted by Crippen LogP contribution is 2.29. The fraction of sp³-hybridized carbons (Fsp3) is 0. The summed E-state index contributed by atoms with van der Waals surface area (Å²) >= 11 is 15.2. The molecule has 2 amide bonds. The van der Waals surface area contributed by atoms with Crippen molar-refractivity contribution >= 4 is 62.7 Å². The first-order valence-corrected chi connectivity index (χ1v) is 8.08. The first-order chi connectivity index (χ1) is 11.0. The fourth-order valence-corrected chi connectivity index (χ4v) is 2.65. The molecule has 1 heterocycles. The van der Waals surface area contributed by atoms with Crippen LogP contribution in [0, 0.1) is 0 Å². The maximum absolute atomic E-state index is 12.5. The molecule has 0 aliphatic carbocycles. The van der Waals surface area contributed by atoms with Crippen LogP contribution in [0.15, 0.2) is 52.5 Å². The van der Waals surface area contributed by atoms with Crippen molar-refractivity contribution in [2.24, 2.45) is 0 Å². The normalized spacial score (nSPS) is 16.1. The Morgan fingerprint density at radius 2 is 1.70 bits per heavy atom. The first-order valence-electron chi connectivity index (χ1n) is 6.53. The molecule has 7 heteroatoms. The summed E-state index contributed by atoms with van der Waals surface area (Å²) in [5.74, 6) is -0.916. The van der Waals surface area contributed by atoms with Gasteiger partial charge in [0, 0.05) is 4.47 Å². The number of halogens is 3. The zero-order chi connectivity index (χ0) is 16.6. The van der Waals surface area contributed by atoms with E-state index < -0.39 is 11.8 Å². The van der Waals surface area contributed by atoms with Gasteiger partial charge in [-0.25, -0.2) is 5.01 Å². The maximum atomic E-state index is 12.5. The Kier molecular flexibility index (Phi) is 4.43. The molecule has 1 saturated heterocycles. The van der Waals surface area contributed by atoms with E-state index in [0.29, 0.717) is 15.7 Å². The van der Waals surface area contributed by atoms with Gasteiger partial charge in [0.25, 0.3) is 11.8 Å². The average molecular weight is 412 g/mol. The lowest BCUT2D eigenvalue weighted by atomic mass is 10.1. The molecular formula is C16H9BrCl2N2O2. The van der Waals surface area contributed by atoms with Crippen LogP contribution >= 0.6 is 39.1 Å². The Hall–Kier alpha value is -1.82. The van der Waals surface area contributed by atoms with Crippen molar-refractivity contribution < 1.29 is 9.59 Å². The standard InChI is InChI=1S/C16H9BrCl2N2O2/c17-10-3-1-9(2-4-10)7-12-15(22)20-21(16(12)23)11-5-6-13(18)14(19)8-11/h1-8H,(H,20,22). The lowest BCUT2D eigenvalue weighted by Gasteiger charge is -2.15. The number of carbonyl (C=O) groups excluding carboxylic acids is 2. The van der Waals surface area contributed by atoms with Crippen LogP contribution in [0.2, 0.25) is 10.0 Å². The van der Waals surface area contributed by atoms with Gasteiger partial charge in [-0.1, -0.05) is 51.3 Å². The van der Waals surface area contributed by atoms with Crippen LogP contribution < -0.4 is 10.4 Å². The van der Waals surface area contributed by atoms with Gasteiger partial charge in [-0.05, 0) is 42.0 Å². The number of hydrogen-bond donors (Lipinski definition) is 1. The molecule has 2 aromatic rings. The predicted molar refractivity (Wildman–Crippen MR) is 94.2 cm³/mol. The minimum absolute atomic E-state index is 0.0541. The van der Waals surface area contributed by atoms with Crippen LogP contribution in [0.1, 0.15) is 5.56 Å². The molecular weight excluding hydrogens is 403 g/mol. The Labute approximate surface area is 150 Å². The lowest BCUT2D eigenvalue weighted by molar-refractivity contribution is -0.117. The quantitative estimate of drug-likeness (QED) is 0.594. The Bertz CT molecular complexity index is 834. The van der Waals surface area contributed by atoms with Crippen molar-refractivity contribution in [3.63, 3.8) is 0 Å². The molecule has 0 atom stereocenters. The summed E-state index contributed by atoms with van der Waals surface area (Å²) in [4.78, 5) is 24.6. The zero-order valence-electron chi connectivity index (χ0n) is 11.5. The molecule has 0 spiro atoms. The highest BCUT2D eigenvalue weighted by atomic mass is 79.9. The van der Waals surface area contributed by atoms with Crippen LogP contribution in [-0.4, -0.2) is 11.8 Å². The lowest BCUT2D eigenvalue weighted by Crippen LogP contribution is -2.35. The largest absolute Gasteiger partial charge is 0.282 e. The van der Waals surface area contributed by atoms with Crippen molar-refractivity contribution in [1.29, 1.82) is 0 Å². The molecule has 0 radical (unpaired) electrons. The number of anilines is 1. The molecule has 0 saturated carbocycles. The van der Waals surface area contributed by atoms with Crippen molar-refractivity contribution in [1.82, 2.24) is 5.43 Å². The molecule has 0 aromatic heterocycles.